The molecule has 1 amide bonds. The van der Waals surface area contributed by atoms with Crippen molar-refractivity contribution in [3.8, 4) is 0 Å². The number of aryl methyl sites for hydroxylation is 1. The molecule has 1 N–H and O–H groups in total. The minimum atomic E-state index is -3.49. The Morgan fingerprint density at radius 1 is 1.15 bits per heavy atom. The lowest BCUT2D eigenvalue weighted by Crippen LogP contribution is -2.40. The van der Waals surface area contributed by atoms with E-state index in [4.69, 9.17) is 0 Å². The van der Waals surface area contributed by atoms with Gasteiger partial charge in [0.2, 0.25) is 15.9 Å². The van der Waals surface area contributed by atoms with Crippen molar-refractivity contribution in [3.05, 3.63) is 65.2 Å². The van der Waals surface area contributed by atoms with E-state index in [-0.39, 0.29) is 11.8 Å². The first-order valence-electron chi connectivity index (χ1n) is 8.91. The summed E-state index contributed by atoms with van der Waals surface area (Å²) < 4.78 is 26.4. The fourth-order valence-corrected chi connectivity index (χ4v) is 4.18. The monoisotopic (exact) mass is 385 g/mol. The van der Waals surface area contributed by atoms with Gasteiger partial charge in [-0.2, -0.15) is 4.31 Å². The van der Waals surface area contributed by atoms with E-state index in [2.05, 4.69) is 10.3 Å². The summed E-state index contributed by atoms with van der Waals surface area (Å²) in [6.07, 6.45) is 4.28. The third kappa shape index (κ3) is 5.24. The molecule has 0 unspecified atom stereocenters. The Morgan fingerprint density at radius 3 is 2.48 bits per heavy atom. The summed E-state index contributed by atoms with van der Waals surface area (Å²) in [6, 6.07) is 13.0. The summed E-state index contributed by atoms with van der Waals surface area (Å²) >= 11 is 0. The van der Waals surface area contributed by atoms with Crippen molar-refractivity contribution in [1.82, 2.24) is 9.29 Å². The Bertz CT molecular complexity index is 901. The lowest BCUT2D eigenvalue weighted by Gasteiger charge is -2.29. The summed E-state index contributed by atoms with van der Waals surface area (Å²) in [5.41, 5.74) is 1.86. The molecule has 2 aromatic rings. The number of rotatable bonds is 5. The Hall–Kier alpha value is -2.51. The normalized spacial score (nSPS) is 16.5. The van der Waals surface area contributed by atoms with E-state index in [9.17, 15) is 13.2 Å². The molecule has 0 atom stereocenters. The first-order valence-corrected chi connectivity index (χ1v) is 10.4. The number of hydrogen-bond donors (Lipinski definition) is 1. The van der Waals surface area contributed by atoms with Gasteiger partial charge in [0.1, 0.15) is 5.82 Å². The predicted molar refractivity (Wildman–Crippen MR) is 106 cm³/mol. The average Bonchev–Trinajstić information content (AvgIpc) is 2.69. The van der Waals surface area contributed by atoms with Crippen LogP contribution in [0.3, 0.4) is 0 Å². The number of aromatic nitrogens is 1. The van der Waals surface area contributed by atoms with Crippen LogP contribution in [0, 0.1) is 12.8 Å². The highest BCUT2D eigenvalue weighted by molar-refractivity contribution is 7.92. The molecule has 0 radical (unpaired) electrons. The summed E-state index contributed by atoms with van der Waals surface area (Å²) in [5, 5.41) is 4.04. The molecule has 2 heterocycles. The second kappa shape index (κ2) is 8.45. The van der Waals surface area contributed by atoms with Gasteiger partial charge in [-0.05, 0) is 43.0 Å². The van der Waals surface area contributed by atoms with Crippen LogP contribution in [-0.4, -0.2) is 36.7 Å². The number of piperidine rings is 1. The Kier molecular flexibility index (Phi) is 6.03. The molecule has 27 heavy (non-hydrogen) atoms. The molecule has 7 heteroatoms. The number of hydrogen-bond acceptors (Lipinski definition) is 4. The molecule has 3 rings (SSSR count). The Morgan fingerprint density at radius 2 is 1.85 bits per heavy atom. The quantitative estimate of drug-likeness (QED) is 0.858. The zero-order chi connectivity index (χ0) is 19.3. The van der Waals surface area contributed by atoms with Crippen molar-refractivity contribution in [2.45, 2.75) is 19.8 Å². The summed E-state index contributed by atoms with van der Waals surface area (Å²) in [6.45, 7) is 2.60. The lowest BCUT2D eigenvalue weighted by atomic mass is 9.97. The van der Waals surface area contributed by atoms with Crippen LogP contribution in [0.2, 0.25) is 0 Å². The van der Waals surface area contributed by atoms with Gasteiger partial charge in [0.15, 0.2) is 0 Å². The molecule has 1 aromatic carbocycles. The number of sulfonamides is 1. The van der Waals surface area contributed by atoms with Crippen LogP contribution in [0.5, 0.6) is 0 Å². The van der Waals surface area contributed by atoms with E-state index in [1.807, 2.05) is 43.3 Å². The van der Waals surface area contributed by atoms with Gasteiger partial charge >= 0.3 is 0 Å². The van der Waals surface area contributed by atoms with Crippen molar-refractivity contribution in [1.29, 1.82) is 0 Å². The van der Waals surface area contributed by atoms with Crippen molar-refractivity contribution in [2.24, 2.45) is 5.92 Å². The van der Waals surface area contributed by atoms with Gasteiger partial charge in [-0.25, -0.2) is 13.4 Å². The molecule has 0 saturated carbocycles. The highest BCUT2D eigenvalue weighted by atomic mass is 32.2. The maximum Gasteiger partial charge on any atom is 0.236 e. The van der Waals surface area contributed by atoms with Crippen LogP contribution in [0.4, 0.5) is 5.82 Å². The lowest BCUT2D eigenvalue weighted by molar-refractivity contribution is -0.120. The molecular formula is C20H23N3O3S. The number of nitrogens with zero attached hydrogens (tertiary/aromatic N) is 2. The second-order valence-electron chi connectivity index (χ2n) is 6.64. The van der Waals surface area contributed by atoms with Gasteiger partial charge in [0.25, 0.3) is 0 Å². The van der Waals surface area contributed by atoms with E-state index in [0.717, 1.165) is 11.1 Å². The molecular weight excluding hydrogens is 362 g/mol. The van der Waals surface area contributed by atoms with Crippen LogP contribution in [-0.2, 0) is 14.8 Å². The van der Waals surface area contributed by atoms with Gasteiger partial charge < -0.3 is 5.32 Å². The van der Waals surface area contributed by atoms with Crippen molar-refractivity contribution >= 4 is 27.8 Å². The third-order valence-corrected chi connectivity index (χ3v) is 6.14. The number of carbonyl (C=O) groups excluding carboxylic acids is 1. The number of amides is 1. The largest absolute Gasteiger partial charge is 0.310 e. The molecule has 1 saturated heterocycles. The van der Waals surface area contributed by atoms with Crippen molar-refractivity contribution < 1.29 is 13.2 Å². The van der Waals surface area contributed by atoms with Crippen molar-refractivity contribution in [3.63, 3.8) is 0 Å². The standard InChI is InChI=1S/C20H23N3O3S/c1-16-7-8-19(21-15-16)22-20(24)18-9-12-23(13-10-18)27(25,26)14-11-17-5-3-2-4-6-17/h2-8,11,14-15,18H,9-10,12-13H2,1H3,(H,21,22,24)/b14-11+. The summed E-state index contributed by atoms with van der Waals surface area (Å²) in [5.74, 6) is 0.201. The smallest absolute Gasteiger partial charge is 0.236 e. The molecule has 0 aliphatic carbocycles. The predicted octanol–water partition coefficient (Wildman–Crippen LogP) is 3.04. The summed E-state index contributed by atoms with van der Waals surface area (Å²) in [7, 11) is -3.49. The molecule has 142 valence electrons. The van der Waals surface area contributed by atoms with E-state index in [0.29, 0.717) is 31.7 Å². The SMILES string of the molecule is Cc1ccc(NC(=O)C2CCN(S(=O)(=O)/C=C/c3ccccc3)CC2)nc1. The minimum absolute atomic E-state index is 0.108. The average molecular weight is 385 g/mol. The maximum atomic E-state index is 12.5. The van der Waals surface area contributed by atoms with E-state index in [1.165, 1.54) is 9.71 Å². The Balaban J connectivity index is 1.55. The van der Waals surface area contributed by atoms with Crippen LogP contribution in [0.15, 0.2) is 54.1 Å². The minimum Gasteiger partial charge on any atom is -0.310 e. The van der Waals surface area contributed by atoms with Gasteiger partial charge in [-0.15, -0.1) is 0 Å². The molecule has 0 bridgehead atoms. The van der Waals surface area contributed by atoms with Crippen molar-refractivity contribution in [2.75, 3.05) is 18.4 Å². The van der Waals surface area contributed by atoms with Crippen LogP contribution in [0.1, 0.15) is 24.0 Å². The maximum absolute atomic E-state index is 12.5. The molecule has 1 aliphatic heterocycles. The number of carbonyl (C=O) groups is 1. The first-order chi connectivity index (χ1) is 12.9. The first kappa shape index (κ1) is 19.3. The molecule has 1 fully saturated rings. The highest BCUT2D eigenvalue weighted by Crippen LogP contribution is 2.22. The molecule has 1 aromatic heterocycles. The highest BCUT2D eigenvalue weighted by Gasteiger charge is 2.30. The summed E-state index contributed by atoms with van der Waals surface area (Å²) in [4.78, 5) is 16.6. The zero-order valence-electron chi connectivity index (χ0n) is 15.2. The van der Waals surface area contributed by atoms with E-state index in [1.54, 1.807) is 18.3 Å². The van der Waals surface area contributed by atoms with Gasteiger partial charge in [-0.3, -0.25) is 4.79 Å². The zero-order valence-corrected chi connectivity index (χ0v) is 16.0. The molecule has 6 nitrogen and oxygen atoms in total. The van der Waals surface area contributed by atoms with Gasteiger partial charge in [0, 0.05) is 30.6 Å². The number of nitrogens with one attached hydrogen (secondary N) is 1. The van der Waals surface area contributed by atoms with Gasteiger partial charge in [-0.1, -0.05) is 36.4 Å². The molecule has 0 spiro atoms. The van der Waals surface area contributed by atoms with Crippen LogP contribution < -0.4 is 5.32 Å². The van der Waals surface area contributed by atoms with Gasteiger partial charge in [0.05, 0.1) is 0 Å². The number of pyridine rings is 1. The topological polar surface area (TPSA) is 79.4 Å². The molecule has 1 aliphatic rings. The van der Waals surface area contributed by atoms with Crippen LogP contribution in [0.25, 0.3) is 6.08 Å². The fraction of sp³-hybridized carbons (Fsp3) is 0.300. The second-order valence-corrected chi connectivity index (χ2v) is 8.46. The number of anilines is 1. The van der Waals surface area contributed by atoms with E-state index >= 15 is 0 Å². The van der Waals surface area contributed by atoms with Crippen LogP contribution >= 0.6 is 0 Å². The van der Waals surface area contributed by atoms with E-state index < -0.39 is 10.0 Å². The fourth-order valence-electron chi connectivity index (χ4n) is 2.96. The number of benzene rings is 1. The Labute approximate surface area is 160 Å². The third-order valence-electron chi connectivity index (χ3n) is 4.58.